The van der Waals surface area contributed by atoms with Crippen LogP contribution in [0.2, 0.25) is 0 Å². The highest BCUT2D eigenvalue weighted by atomic mass is 16.5. The molecule has 0 spiro atoms. The molecule has 0 aromatic heterocycles. The van der Waals surface area contributed by atoms with E-state index in [0.717, 1.165) is 19.3 Å². The van der Waals surface area contributed by atoms with Crippen LogP contribution >= 0.6 is 0 Å². The van der Waals surface area contributed by atoms with Crippen LogP contribution in [0.5, 0.6) is 0 Å². The minimum Gasteiger partial charge on any atom is -0.368 e. The first kappa shape index (κ1) is 11.2. The number of carbonyl (C=O) groups excluding carboxylic acids is 1. The Morgan fingerprint density at radius 3 is 2.50 bits per heavy atom. The highest BCUT2D eigenvalue weighted by molar-refractivity contribution is 5.71. The molecule has 0 fully saturated rings. The maximum atomic E-state index is 10.2. The number of nitrogens with two attached hydrogens (primary N) is 1. The lowest BCUT2D eigenvalue weighted by atomic mass is 10.2. The molecule has 72 valence electrons. The fourth-order valence-corrected chi connectivity index (χ4v) is 0.840. The molecule has 0 aliphatic heterocycles. The van der Waals surface area contributed by atoms with Crippen LogP contribution in [0, 0.1) is 0 Å². The van der Waals surface area contributed by atoms with Crippen LogP contribution in [0.25, 0.3) is 0 Å². The molecule has 12 heavy (non-hydrogen) atoms. The van der Waals surface area contributed by atoms with Gasteiger partial charge in [-0.3, -0.25) is 0 Å². The highest BCUT2D eigenvalue weighted by Crippen LogP contribution is 2.00. The number of nitrogens with one attached hydrogen (secondary N) is 1. The van der Waals surface area contributed by atoms with Crippen molar-refractivity contribution < 1.29 is 15.0 Å². The molecule has 0 aliphatic rings. The predicted octanol–water partition coefficient (Wildman–Crippen LogP) is -0.474. The molecule has 5 nitrogen and oxygen atoms in total. The molecule has 0 bridgehead atoms. The number of urea groups is 1. The molecule has 0 heterocycles. The third-order valence-corrected chi connectivity index (χ3v) is 1.44. The van der Waals surface area contributed by atoms with E-state index in [9.17, 15) is 4.79 Å². The van der Waals surface area contributed by atoms with E-state index >= 15 is 0 Å². The molecule has 5 heteroatoms. The second-order valence-electron chi connectivity index (χ2n) is 2.62. The lowest BCUT2D eigenvalue weighted by Gasteiger charge is -2.03. The van der Waals surface area contributed by atoms with E-state index in [4.69, 9.17) is 15.9 Å². The fourth-order valence-electron chi connectivity index (χ4n) is 0.840. The van der Waals surface area contributed by atoms with E-state index in [0.29, 0.717) is 13.0 Å². The molecule has 0 saturated carbocycles. The van der Waals surface area contributed by atoms with E-state index in [-0.39, 0.29) is 0 Å². The van der Waals surface area contributed by atoms with Crippen molar-refractivity contribution in [2.45, 2.75) is 32.0 Å². The molecule has 0 aromatic rings. The topological polar surface area (TPSA) is 95.6 Å². The van der Waals surface area contributed by atoms with Gasteiger partial charge in [0, 0.05) is 6.54 Å². The summed E-state index contributed by atoms with van der Waals surface area (Å²) in [6, 6.07) is -0.516. The van der Waals surface area contributed by atoms with Crippen molar-refractivity contribution >= 4 is 6.03 Å². The Bertz CT molecular complexity index is 128. The van der Waals surface area contributed by atoms with Crippen LogP contribution in [0.3, 0.4) is 0 Å². The number of unbranched alkanes of at least 4 members (excludes halogenated alkanes) is 2. The van der Waals surface area contributed by atoms with Crippen molar-refractivity contribution in [2.24, 2.45) is 5.73 Å². The Morgan fingerprint density at radius 1 is 1.33 bits per heavy atom. The summed E-state index contributed by atoms with van der Waals surface area (Å²) in [4.78, 5) is 10.2. The van der Waals surface area contributed by atoms with E-state index in [1.165, 1.54) is 0 Å². The molecular weight excluding hydrogens is 160 g/mol. The van der Waals surface area contributed by atoms with Crippen LogP contribution in [0.15, 0.2) is 0 Å². The SMILES string of the molecule is NC(=O)NCCCCCC(O)O. The zero-order chi connectivity index (χ0) is 9.40. The Morgan fingerprint density at radius 2 is 2.00 bits per heavy atom. The van der Waals surface area contributed by atoms with E-state index in [1.807, 2.05) is 0 Å². The van der Waals surface area contributed by atoms with E-state index < -0.39 is 12.3 Å². The maximum absolute atomic E-state index is 10.2. The molecule has 0 saturated heterocycles. The first-order valence-corrected chi connectivity index (χ1v) is 4.02. The average molecular weight is 176 g/mol. The summed E-state index contributed by atoms with van der Waals surface area (Å²) in [7, 11) is 0. The fraction of sp³-hybridized carbons (Fsp3) is 0.857. The van der Waals surface area contributed by atoms with Gasteiger partial charge < -0.3 is 21.3 Å². The Labute approximate surface area is 71.6 Å². The summed E-state index contributed by atoms with van der Waals surface area (Å²) in [5.41, 5.74) is 4.83. The van der Waals surface area contributed by atoms with Gasteiger partial charge in [-0.15, -0.1) is 0 Å². The maximum Gasteiger partial charge on any atom is 0.312 e. The van der Waals surface area contributed by atoms with Crippen molar-refractivity contribution in [3.05, 3.63) is 0 Å². The van der Waals surface area contributed by atoms with Gasteiger partial charge in [-0.2, -0.15) is 0 Å². The smallest absolute Gasteiger partial charge is 0.312 e. The molecular formula is C7H16N2O3. The van der Waals surface area contributed by atoms with Gasteiger partial charge in [0.2, 0.25) is 0 Å². The van der Waals surface area contributed by atoms with Crippen LogP contribution in [-0.2, 0) is 0 Å². The second kappa shape index (κ2) is 6.87. The summed E-state index contributed by atoms with van der Waals surface area (Å²) in [6.45, 7) is 0.552. The van der Waals surface area contributed by atoms with E-state index in [2.05, 4.69) is 5.32 Å². The Hall–Kier alpha value is -0.810. The zero-order valence-corrected chi connectivity index (χ0v) is 6.99. The largest absolute Gasteiger partial charge is 0.368 e. The van der Waals surface area contributed by atoms with Gasteiger partial charge in [0.05, 0.1) is 0 Å². The second-order valence-corrected chi connectivity index (χ2v) is 2.62. The number of rotatable bonds is 6. The lowest BCUT2D eigenvalue weighted by molar-refractivity contribution is -0.0465. The third-order valence-electron chi connectivity index (χ3n) is 1.44. The van der Waals surface area contributed by atoms with Crippen molar-refractivity contribution in [3.8, 4) is 0 Å². The first-order valence-electron chi connectivity index (χ1n) is 4.02. The molecule has 0 aromatic carbocycles. The van der Waals surface area contributed by atoms with Crippen LogP contribution < -0.4 is 11.1 Å². The van der Waals surface area contributed by atoms with E-state index in [1.54, 1.807) is 0 Å². The number of amides is 2. The van der Waals surface area contributed by atoms with Gasteiger partial charge in [0.15, 0.2) is 6.29 Å². The minimum absolute atomic E-state index is 0.385. The Balaban J connectivity index is 2.96. The molecule has 5 N–H and O–H groups in total. The monoisotopic (exact) mass is 176 g/mol. The van der Waals surface area contributed by atoms with Crippen LogP contribution in [-0.4, -0.2) is 29.1 Å². The molecule has 0 unspecified atom stereocenters. The van der Waals surface area contributed by atoms with Gasteiger partial charge >= 0.3 is 6.03 Å². The molecule has 0 atom stereocenters. The van der Waals surface area contributed by atoms with Crippen molar-refractivity contribution in [3.63, 3.8) is 0 Å². The Kier molecular flexibility index (Phi) is 6.41. The van der Waals surface area contributed by atoms with Crippen molar-refractivity contribution in [2.75, 3.05) is 6.54 Å². The number of aliphatic hydroxyl groups excluding tert-OH is 1. The third kappa shape index (κ3) is 9.19. The summed E-state index contributed by atoms with van der Waals surface area (Å²) < 4.78 is 0. The highest BCUT2D eigenvalue weighted by Gasteiger charge is 1.96. The van der Waals surface area contributed by atoms with Crippen molar-refractivity contribution in [1.82, 2.24) is 5.32 Å². The van der Waals surface area contributed by atoms with Gasteiger partial charge in [-0.1, -0.05) is 6.42 Å². The van der Waals surface area contributed by atoms with Gasteiger partial charge in [-0.25, -0.2) is 4.79 Å². The molecule has 0 radical (unpaired) electrons. The van der Waals surface area contributed by atoms with Gasteiger partial charge in [0.1, 0.15) is 0 Å². The summed E-state index contributed by atoms with van der Waals surface area (Å²) in [5.74, 6) is 0. The zero-order valence-electron chi connectivity index (χ0n) is 6.99. The van der Waals surface area contributed by atoms with Gasteiger partial charge in [0.25, 0.3) is 0 Å². The number of hydrogen-bond acceptors (Lipinski definition) is 3. The predicted molar refractivity (Wildman–Crippen MR) is 44.3 cm³/mol. The van der Waals surface area contributed by atoms with Gasteiger partial charge in [-0.05, 0) is 19.3 Å². The summed E-state index contributed by atoms with van der Waals surface area (Å²) >= 11 is 0. The quantitative estimate of drug-likeness (QED) is 0.325. The molecule has 2 amide bonds. The minimum atomic E-state index is -1.21. The lowest BCUT2D eigenvalue weighted by Crippen LogP contribution is -2.29. The summed E-state index contributed by atoms with van der Waals surface area (Å²) in [5, 5.41) is 19.4. The van der Waals surface area contributed by atoms with Crippen molar-refractivity contribution in [1.29, 1.82) is 0 Å². The number of aliphatic hydroxyl groups is 2. The standard InChI is InChI=1S/C7H16N2O3/c8-7(12)9-5-3-1-2-4-6(10)11/h6,10-11H,1-5H2,(H3,8,9,12). The van der Waals surface area contributed by atoms with Crippen LogP contribution in [0.1, 0.15) is 25.7 Å². The number of primary amides is 1. The molecule has 0 rings (SSSR count). The normalized spacial score (nSPS) is 10.2. The average Bonchev–Trinajstić information content (AvgIpc) is 1.95. The van der Waals surface area contributed by atoms with Crippen LogP contribution in [0.4, 0.5) is 4.79 Å². The first-order chi connectivity index (χ1) is 5.63. The number of carbonyl (C=O) groups is 1. The summed E-state index contributed by atoms with van der Waals surface area (Å²) in [6.07, 6.45) is 1.59. The molecule has 0 aliphatic carbocycles. The number of hydrogen-bond donors (Lipinski definition) is 4.